The van der Waals surface area contributed by atoms with E-state index in [0.717, 1.165) is 21.2 Å². The Balaban J connectivity index is 1.46. The van der Waals surface area contributed by atoms with E-state index >= 15 is 0 Å². The summed E-state index contributed by atoms with van der Waals surface area (Å²) in [5, 5.41) is 1.05. The third kappa shape index (κ3) is 6.71. The van der Waals surface area contributed by atoms with Gasteiger partial charge in [0.15, 0.2) is 22.4 Å². The second-order valence-electron chi connectivity index (χ2n) is 7.78. The fourth-order valence-electron chi connectivity index (χ4n) is 3.48. The maximum atomic E-state index is 13.0. The van der Waals surface area contributed by atoms with E-state index in [9.17, 15) is 14.4 Å². The standard InChI is InChI=1S/C24H21Br2N3O6S2/c1-33-18-11-14(10-17(26)21(18)35-13-20(30)28-6-8-34-9-7-28)12-19-23(32)29(24(36)37-19)27-22(31)15-2-4-16(25)5-3-15/h2-5,10-12H,6-9,13H2,1H3,(H,27,31)/b19-12+. The zero-order valence-electron chi connectivity index (χ0n) is 19.5. The Kier molecular flexibility index (Phi) is 9.24. The Morgan fingerprint density at radius 3 is 2.57 bits per heavy atom. The van der Waals surface area contributed by atoms with Crippen LogP contribution < -0.4 is 14.9 Å². The molecule has 2 saturated heterocycles. The summed E-state index contributed by atoms with van der Waals surface area (Å²) in [6.45, 7) is 1.93. The highest BCUT2D eigenvalue weighted by Gasteiger charge is 2.34. The van der Waals surface area contributed by atoms with E-state index in [-0.39, 0.29) is 16.8 Å². The first-order valence-electron chi connectivity index (χ1n) is 11.0. The number of ether oxygens (including phenoxy) is 3. The van der Waals surface area contributed by atoms with Gasteiger partial charge in [0.2, 0.25) is 0 Å². The number of nitrogens with one attached hydrogen (secondary N) is 1. The van der Waals surface area contributed by atoms with Crippen molar-refractivity contribution in [2.45, 2.75) is 0 Å². The topological polar surface area (TPSA) is 97.4 Å². The molecule has 2 aliphatic heterocycles. The van der Waals surface area contributed by atoms with Crippen molar-refractivity contribution < 1.29 is 28.6 Å². The molecule has 2 aromatic rings. The molecule has 2 aromatic carbocycles. The maximum Gasteiger partial charge on any atom is 0.285 e. The first kappa shape index (κ1) is 27.6. The molecule has 2 aliphatic rings. The quantitative estimate of drug-likeness (QED) is 0.349. The van der Waals surface area contributed by atoms with Crippen molar-refractivity contribution in [3.05, 3.63) is 61.4 Å². The van der Waals surface area contributed by atoms with Crippen LogP contribution >= 0.6 is 55.8 Å². The van der Waals surface area contributed by atoms with Gasteiger partial charge in [-0.3, -0.25) is 19.8 Å². The number of nitrogens with zero attached hydrogens (tertiary/aromatic N) is 2. The van der Waals surface area contributed by atoms with Gasteiger partial charge in [0.05, 0.1) is 29.7 Å². The van der Waals surface area contributed by atoms with Gasteiger partial charge >= 0.3 is 0 Å². The maximum absolute atomic E-state index is 13.0. The molecule has 13 heteroatoms. The van der Waals surface area contributed by atoms with Gasteiger partial charge in [-0.15, -0.1) is 0 Å². The predicted molar refractivity (Wildman–Crippen MR) is 150 cm³/mol. The zero-order chi connectivity index (χ0) is 26.5. The number of benzene rings is 2. The van der Waals surface area contributed by atoms with Crippen molar-refractivity contribution in [2.24, 2.45) is 0 Å². The zero-order valence-corrected chi connectivity index (χ0v) is 24.3. The van der Waals surface area contributed by atoms with Crippen LogP contribution in [0.4, 0.5) is 0 Å². The fourth-order valence-corrected chi connectivity index (χ4v) is 5.50. The molecule has 1 N–H and O–H groups in total. The molecule has 0 saturated carbocycles. The predicted octanol–water partition coefficient (Wildman–Crippen LogP) is 4.00. The minimum atomic E-state index is -0.456. The summed E-state index contributed by atoms with van der Waals surface area (Å²) in [6, 6.07) is 10.2. The Bertz CT molecular complexity index is 1270. The van der Waals surface area contributed by atoms with Gasteiger partial charge in [0.25, 0.3) is 17.7 Å². The summed E-state index contributed by atoms with van der Waals surface area (Å²) in [5.74, 6) is -0.297. The van der Waals surface area contributed by atoms with E-state index < -0.39 is 11.8 Å². The number of halogens is 2. The monoisotopic (exact) mass is 669 g/mol. The van der Waals surface area contributed by atoms with Crippen LogP contribution in [0.3, 0.4) is 0 Å². The Morgan fingerprint density at radius 1 is 1.19 bits per heavy atom. The van der Waals surface area contributed by atoms with E-state index in [1.165, 1.54) is 7.11 Å². The number of amides is 3. The van der Waals surface area contributed by atoms with Crippen LogP contribution in [0, 0.1) is 0 Å². The summed E-state index contributed by atoms with van der Waals surface area (Å²) in [5.41, 5.74) is 3.58. The normalized spacial score (nSPS) is 16.8. The van der Waals surface area contributed by atoms with Crippen LogP contribution in [-0.2, 0) is 14.3 Å². The molecule has 0 aliphatic carbocycles. The molecule has 4 rings (SSSR count). The van der Waals surface area contributed by atoms with Crippen molar-refractivity contribution in [3.8, 4) is 11.5 Å². The van der Waals surface area contributed by atoms with E-state index in [0.29, 0.717) is 58.3 Å². The lowest BCUT2D eigenvalue weighted by atomic mass is 10.2. The average Bonchev–Trinajstić information content (AvgIpc) is 3.15. The van der Waals surface area contributed by atoms with Gasteiger partial charge in [-0.1, -0.05) is 27.7 Å². The fraction of sp³-hybridized carbons (Fsp3) is 0.250. The Morgan fingerprint density at radius 2 is 1.89 bits per heavy atom. The molecule has 0 atom stereocenters. The lowest BCUT2D eigenvalue weighted by Gasteiger charge is -2.27. The number of hydrazine groups is 1. The largest absolute Gasteiger partial charge is 0.493 e. The number of carbonyl (C=O) groups is 3. The molecule has 2 heterocycles. The number of rotatable bonds is 7. The van der Waals surface area contributed by atoms with Crippen molar-refractivity contribution in [1.82, 2.24) is 15.3 Å². The summed E-state index contributed by atoms with van der Waals surface area (Å²) >= 11 is 13.2. The Hall–Kier alpha value is -2.45. The SMILES string of the molecule is COc1cc(/C=C2/SC(=S)N(NC(=O)c3ccc(Br)cc3)C2=O)cc(Br)c1OCC(=O)N1CCOCC1. The third-order valence-electron chi connectivity index (χ3n) is 5.37. The second kappa shape index (κ2) is 12.4. The van der Waals surface area contributed by atoms with Crippen LogP contribution in [-0.4, -0.2) is 72.0 Å². The minimum Gasteiger partial charge on any atom is -0.493 e. The Labute approximate surface area is 239 Å². The summed E-state index contributed by atoms with van der Waals surface area (Å²) in [6.07, 6.45) is 1.64. The average molecular weight is 671 g/mol. The van der Waals surface area contributed by atoms with Crippen molar-refractivity contribution in [2.75, 3.05) is 40.0 Å². The molecule has 3 amide bonds. The minimum absolute atomic E-state index is 0.143. The van der Waals surface area contributed by atoms with Crippen LogP contribution in [0.1, 0.15) is 15.9 Å². The third-order valence-corrected chi connectivity index (χ3v) is 7.79. The second-order valence-corrected chi connectivity index (χ2v) is 11.2. The lowest BCUT2D eigenvalue weighted by molar-refractivity contribution is -0.137. The van der Waals surface area contributed by atoms with Crippen LogP contribution in [0.15, 0.2) is 50.2 Å². The molecular formula is C24H21Br2N3O6S2. The van der Waals surface area contributed by atoms with Crippen molar-refractivity contribution >= 4 is 84.0 Å². The first-order chi connectivity index (χ1) is 17.8. The van der Waals surface area contributed by atoms with Gasteiger partial charge in [-0.2, -0.15) is 5.01 Å². The van der Waals surface area contributed by atoms with Crippen LogP contribution in [0.25, 0.3) is 6.08 Å². The highest BCUT2D eigenvalue weighted by molar-refractivity contribution is 9.10. The van der Waals surface area contributed by atoms with E-state index in [1.54, 1.807) is 47.4 Å². The smallest absolute Gasteiger partial charge is 0.285 e. The highest BCUT2D eigenvalue weighted by Crippen LogP contribution is 2.39. The number of methoxy groups -OCH3 is 1. The van der Waals surface area contributed by atoms with Crippen molar-refractivity contribution in [1.29, 1.82) is 0 Å². The molecule has 0 aromatic heterocycles. The molecule has 0 bridgehead atoms. The van der Waals surface area contributed by atoms with Crippen LogP contribution in [0.2, 0.25) is 0 Å². The molecule has 37 heavy (non-hydrogen) atoms. The molecule has 0 radical (unpaired) electrons. The highest BCUT2D eigenvalue weighted by atomic mass is 79.9. The number of hydrogen-bond donors (Lipinski definition) is 1. The number of thioether (sulfide) groups is 1. The summed E-state index contributed by atoms with van der Waals surface area (Å²) in [4.78, 5) is 40.0. The number of carbonyl (C=O) groups excluding carboxylic acids is 3. The molecule has 0 spiro atoms. The molecule has 2 fully saturated rings. The number of hydrogen-bond acceptors (Lipinski definition) is 8. The van der Waals surface area contributed by atoms with E-state index in [2.05, 4.69) is 37.3 Å². The van der Waals surface area contributed by atoms with E-state index in [4.69, 9.17) is 26.4 Å². The molecule has 0 unspecified atom stereocenters. The molecule has 9 nitrogen and oxygen atoms in total. The van der Waals surface area contributed by atoms with E-state index in [1.807, 2.05) is 0 Å². The van der Waals surface area contributed by atoms with Gasteiger partial charge in [0.1, 0.15) is 0 Å². The molecule has 194 valence electrons. The van der Waals surface area contributed by atoms with Crippen LogP contribution in [0.5, 0.6) is 11.5 Å². The first-order valence-corrected chi connectivity index (χ1v) is 13.8. The summed E-state index contributed by atoms with van der Waals surface area (Å²) in [7, 11) is 1.49. The van der Waals surface area contributed by atoms with Gasteiger partial charge in [-0.05, 0) is 76.2 Å². The number of morpholine rings is 1. The molecular weight excluding hydrogens is 650 g/mol. The van der Waals surface area contributed by atoms with Gasteiger partial charge in [0, 0.05) is 23.1 Å². The summed E-state index contributed by atoms with van der Waals surface area (Å²) < 4.78 is 18.1. The number of thiocarbonyl (C=S) groups is 1. The van der Waals surface area contributed by atoms with Crippen molar-refractivity contribution in [3.63, 3.8) is 0 Å². The van der Waals surface area contributed by atoms with Gasteiger partial charge in [-0.25, -0.2) is 0 Å². The van der Waals surface area contributed by atoms with Gasteiger partial charge < -0.3 is 19.1 Å². The lowest BCUT2D eigenvalue weighted by Crippen LogP contribution is -2.44.